The van der Waals surface area contributed by atoms with E-state index in [4.69, 9.17) is 14.2 Å². The van der Waals surface area contributed by atoms with Gasteiger partial charge in [-0.25, -0.2) is 13.6 Å². The smallest absolute Gasteiger partial charge is 0.336 e. The van der Waals surface area contributed by atoms with Gasteiger partial charge in [0, 0.05) is 23.8 Å². The molecule has 8 heteroatoms. The molecule has 0 heterocycles. The Bertz CT molecular complexity index is 820. The summed E-state index contributed by atoms with van der Waals surface area (Å²) >= 11 is 0. The molecule has 0 aliphatic heterocycles. The zero-order chi connectivity index (χ0) is 18.7. The highest BCUT2D eigenvalue weighted by atomic mass is 19.1. The largest absolute Gasteiger partial charge is 0.503 e. The molecule has 0 unspecified atom stereocenters. The topological polar surface area (TPSA) is 85.2 Å². The first-order valence-corrected chi connectivity index (χ1v) is 7.07. The average molecular weight is 354 g/mol. The SMILES string of the molecule is COCOc1ccc(OC)cc1-c1c(F)c(O)c(F)c(C)c1C(=O)O. The van der Waals surface area contributed by atoms with Gasteiger partial charge >= 0.3 is 5.97 Å². The van der Waals surface area contributed by atoms with E-state index in [0.29, 0.717) is 0 Å². The van der Waals surface area contributed by atoms with Gasteiger partial charge in [0.25, 0.3) is 0 Å². The minimum Gasteiger partial charge on any atom is -0.503 e. The normalized spacial score (nSPS) is 10.6. The zero-order valence-corrected chi connectivity index (χ0v) is 13.7. The number of carboxylic acids is 1. The molecule has 134 valence electrons. The standard InChI is InChI=1S/C17H16F2O6/c1-8-12(17(21)22)13(15(19)16(20)14(8)18)10-6-9(24-3)4-5-11(10)25-7-23-2/h4-6,20H,7H2,1-3H3,(H,21,22). The van der Waals surface area contributed by atoms with Gasteiger partial charge in [-0.05, 0) is 25.1 Å². The van der Waals surface area contributed by atoms with Crippen LogP contribution in [0.25, 0.3) is 11.1 Å². The number of carboxylic acid groups (broad SMARTS) is 1. The van der Waals surface area contributed by atoms with Gasteiger partial charge in [0.15, 0.2) is 24.2 Å². The summed E-state index contributed by atoms with van der Waals surface area (Å²) in [6.45, 7) is 0.951. The summed E-state index contributed by atoms with van der Waals surface area (Å²) in [4.78, 5) is 11.6. The molecule has 2 aromatic carbocycles. The van der Waals surface area contributed by atoms with Crippen molar-refractivity contribution in [2.24, 2.45) is 0 Å². The van der Waals surface area contributed by atoms with Crippen LogP contribution in [0.2, 0.25) is 0 Å². The summed E-state index contributed by atoms with van der Waals surface area (Å²) in [5.41, 5.74) is -1.55. The molecule has 0 saturated heterocycles. The molecule has 0 atom stereocenters. The van der Waals surface area contributed by atoms with E-state index in [2.05, 4.69) is 0 Å². The van der Waals surface area contributed by atoms with Crippen molar-refractivity contribution in [2.45, 2.75) is 6.92 Å². The van der Waals surface area contributed by atoms with E-state index in [-0.39, 0.29) is 23.9 Å². The lowest BCUT2D eigenvalue weighted by molar-refractivity contribution is 0.0515. The quantitative estimate of drug-likeness (QED) is 0.774. The second-order valence-corrected chi connectivity index (χ2v) is 5.07. The maximum absolute atomic E-state index is 14.6. The summed E-state index contributed by atoms with van der Waals surface area (Å²) in [5, 5.41) is 19.1. The minimum atomic E-state index is -1.55. The molecule has 0 aromatic heterocycles. The molecule has 2 aromatic rings. The Morgan fingerprint density at radius 2 is 1.88 bits per heavy atom. The van der Waals surface area contributed by atoms with Crippen LogP contribution in [0.5, 0.6) is 17.2 Å². The van der Waals surface area contributed by atoms with Crippen LogP contribution in [0.3, 0.4) is 0 Å². The van der Waals surface area contributed by atoms with Crippen LogP contribution in [0, 0.1) is 18.6 Å². The summed E-state index contributed by atoms with van der Waals surface area (Å²) in [6, 6.07) is 4.27. The van der Waals surface area contributed by atoms with Gasteiger partial charge in [-0.2, -0.15) is 0 Å². The van der Waals surface area contributed by atoms with E-state index in [1.165, 1.54) is 32.4 Å². The number of halogens is 2. The molecule has 0 fully saturated rings. The Hall–Kier alpha value is -2.87. The molecule has 6 nitrogen and oxygen atoms in total. The number of phenols is 1. The summed E-state index contributed by atoms with van der Waals surface area (Å²) in [5.74, 6) is -5.19. The number of aromatic carboxylic acids is 1. The number of hydrogen-bond donors (Lipinski definition) is 2. The highest BCUT2D eigenvalue weighted by molar-refractivity contribution is 5.99. The van der Waals surface area contributed by atoms with E-state index in [1.807, 2.05) is 0 Å². The van der Waals surface area contributed by atoms with Crippen LogP contribution in [-0.4, -0.2) is 37.2 Å². The average Bonchev–Trinajstić information content (AvgIpc) is 2.60. The Labute approximate surface area is 142 Å². The highest BCUT2D eigenvalue weighted by Gasteiger charge is 2.29. The molecule has 0 bridgehead atoms. The third kappa shape index (κ3) is 3.34. The van der Waals surface area contributed by atoms with Gasteiger partial charge in [-0.3, -0.25) is 0 Å². The van der Waals surface area contributed by atoms with E-state index in [1.54, 1.807) is 0 Å². The van der Waals surface area contributed by atoms with Crippen LogP contribution >= 0.6 is 0 Å². The molecule has 0 saturated carbocycles. The van der Waals surface area contributed by atoms with Crippen molar-refractivity contribution in [3.05, 3.63) is 41.0 Å². The number of hydrogen-bond acceptors (Lipinski definition) is 5. The van der Waals surface area contributed by atoms with Gasteiger partial charge in [0.2, 0.25) is 0 Å². The fourth-order valence-electron chi connectivity index (χ4n) is 2.40. The van der Waals surface area contributed by atoms with E-state index in [0.717, 1.165) is 6.92 Å². The van der Waals surface area contributed by atoms with Crippen LogP contribution < -0.4 is 9.47 Å². The summed E-state index contributed by atoms with van der Waals surface area (Å²) in [7, 11) is 2.75. The first-order valence-electron chi connectivity index (χ1n) is 7.07. The van der Waals surface area contributed by atoms with Gasteiger partial charge in [-0.15, -0.1) is 0 Å². The zero-order valence-electron chi connectivity index (χ0n) is 13.7. The number of phenolic OH excluding ortho intramolecular Hbond substituents is 1. The molecule has 0 spiro atoms. The molecular formula is C17H16F2O6. The maximum atomic E-state index is 14.6. The number of aromatic hydroxyl groups is 1. The lowest BCUT2D eigenvalue weighted by Crippen LogP contribution is -2.09. The first-order chi connectivity index (χ1) is 11.8. The Morgan fingerprint density at radius 3 is 2.44 bits per heavy atom. The fourth-order valence-corrected chi connectivity index (χ4v) is 2.40. The first kappa shape index (κ1) is 18.5. The molecular weight excluding hydrogens is 338 g/mol. The van der Waals surface area contributed by atoms with Crippen molar-refractivity contribution in [1.82, 2.24) is 0 Å². The second-order valence-electron chi connectivity index (χ2n) is 5.07. The minimum absolute atomic E-state index is 0.0234. The van der Waals surface area contributed by atoms with Gasteiger partial charge in [-0.1, -0.05) is 0 Å². The molecule has 0 aliphatic carbocycles. The number of carbonyl (C=O) groups is 1. The lowest BCUT2D eigenvalue weighted by Gasteiger charge is -2.17. The van der Waals surface area contributed by atoms with Crippen LogP contribution in [0.4, 0.5) is 8.78 Å². The Balaban J connectivity index is 2.87. The predicted molar refractivity (Wildman–Crippen MR) is 84.2 cm³/mol. The number of methoxy groups -OCH3 is 2. The maximum Gasteiger partial charge on any atom is 0.336 e. The number of ether oxygens (including phenoxy) is 3. The van der Waals surface area contributed by atoms with Gasteiger partial charge in [0.05, 0.1) is 12.7 Å². The van der Waals surface area contributed by atoms with Crippen molar-refractivity contribution >= 4 is 5.97 Å². The molecule has 2 N–H and O–H groups in total. The number of rotatable bonds is 6. The molecule has 2 rings (SSSR count). The lowest BCUT2D eigenvalue weighted by atomic mass is 9.93. The molecule has 25 heavy (non-hydrogen) atoms. The Morgan fingerprint density at radius 1 is 1.20 bits per heavy atom. The fraction of sp³-hybridized carbons (Fsp3) is 0.235. The van der Waals surface area contributed by atoms with Crippen LogP contribution in [-0.2, 0) is 4.74 Å². The van der Waals surface area contributed by atoms with Crippen molar-refractivity contribution in [3.63, 3.8) is 0 Å². The van der Waals surface area contributed by atoms with E-state index in [9.17, 15) is 23.8 Å². The van der Waals surface area contributed by atoms with Gasteiger partial charge in [0.1, 0.15) is 11.5 Å². The Kier molecular flexibility index (Phi) is 5.43. The summed E-state index contributed by atoms with van der Waals surface area (Å²) < 4.78 is 43.7. The monoisotopic (exact) mass is 354 g/mol. The highest BCUT2D eigenvalue weighted by Crippen LogP contribution is 2.42. The van der Waals surface area contributed by atoms with Crippen LogP contribution in [0.1, 0.15) is 15.9 Å². The van der Waals surface area contributed by atoms with Crippen LogP contribution in [0.15, 0.2) is 18.2 Å². The van der Waals surface area contributed by atoms with E-state index >= 15 is 0 Å². The second kappa shape index (κ2) is 7.35. The molecule has 0 amide bonds. The molecule has 0 radical (unpaired) electrons. The van der Waals surface area contributed by atoms with Crippen molar-refractivity contribution in [1.29, 1.82) is 0 Å². The van der Waals surface area contributed by atoms with Crippen molar-refractivity contribution in [2.75, 3.05) is 21.0 Å². The third-order valence-electron chi connectivity index (χ3n) is 3.59. The third-order valence-corrected chi connectivity index (χ3v) is 3.59. The van der Waals surface area contributed by atoms with Crippen molar-refractivity contribution < 1.29 is 38.0 Å². The van der Waals surface area contributed by atoms with Gasteiger partial charge < -0.3 is 24.4 Å². The molecule has 0 aliphatic rings. The number of benzene rings is 2. The predicted octanol–water partition coefficient (Wildman–Crippen LogP) is 3.34. The van der Waals surface area contributed by atoms with Crippen molar-refractivity contribution in [3.8, 4) is 28.4 Å². The van der Waals surface area contributed by atoms with E-state index < -0.39 is 40.0 Å². The summed E-state index contributed by atoms with van der Waals surface area (Å²) in [6.07, 6.45) is 0.